The first kappa shape index (κ1) is 13.1. The largest absolute Gasteiger partial charge is 0.381 e. The fourth-order valence-electron chi connectivity index (χ4n) is 1.60. The topological polar surface area (TPSA) is 74.2 Å². The Balaban J connectivity index is 2.55. The second-order valence-electron chi connectivity index (χ2n) is 3.87. The number of hydrogen-bond donors (Lipinski definition) is 1. The smallest absolute Gasteiger partial charge is 0.231 e. The molecule has 0 aliphatic carbocycles. The van der Waals surface area contributed by atoms with Crippen LogP contribution >= 0.6 is 0 Å². The zero-order valence-electron chi connectivity index (χ0n) is 10.3. The molecule has 2 atom stereocenters. The Morgan fingerprint density at radius 2 is 2.19 bits per heavy atom. The molecule has 1 rings (SSSR count). The van der Waals surface area contributed by atoms with Crippen molar-refractivity contribution < 1.29 is 9.26 Å². The molecule has 92 valence electrons. The van der Waals surface area contributed by atoms with Gasteiger partial charge in [-0.3, -0.25) is 0 Å². The molecule has 5 heteroatoms. The Hall–Kier alpha value is -0.940. The van der Waals surface area contributed by atoms with Gasteiger partial charge in [-0.05, 0) is 20.3 Å². The molecular formula is C11H21N3O2. The summed E-state index contributed by atoms with van der Waals surface area (Å²) in [6, 6.07) is 0.0326. The van der Waals surface area contributed by atoms with Crippen molar-refractivity contribution in [2.45, 2.75) is 45.6 Å². The van der Waals surface area contributed by atoms with Gasteiger partial charge in [0.05, 0.1) is 12.5 Å². The quantitative estimate of drug-likeness (QED) is 0.714. The fourth-order valence-corrected chi connectivity index (χ4v) is 1.60. The minimum absolute atomic E-state index is 0.0326. The second kappa shape index (κ2) is 6.60. The summed E-state index contributed by atoms with van der Waals surface area (Å²) >= 11 is 0. The Morgan fingerprint density at radius 1 is 1.44 bits per heavy atom. The molecule has 2 N–H and O–H groups in total. The van der Waals surface area contributed by atoms with E-state index in [-0.39, 0.29) is 12.0 Å². The Bertz CT molecular complexity index is 299. The van der Waals surface area contributed by atoms with Crippen LogP contribution in [0.25, 0.3) is 0 Å². The molecule has 2 unspecified atom stereocenters. The number of nitrogens with zero attached hydrogens (tertiary/aromatic N) is 2. The molecule has 0 spiro atoms. The van der Waals surface area contributed by atoms with Crippen LogP contribution in [0.15, 0.2) is 4.52 Å². The fraction of sp³-hybridized carbons (Fsp3) is 0.818. The molecule has 0 fully saturated rings. The maximum Gasteiger partial charge on any atom is 0.231 e. The molecule has 0 aromatic carbocycles. The van der Waals surface area contributed by atoms with E-state index in [4.69, 9.17) is 15.0 Å². The molecule has 5 nitrogen and oxygen atoms in total. The highest BCUT2D eigenvalue weighted by atomic mass is 16.5. The second-order valence-corrected chi connectivity index (χ2v) is 3.87. The Morgan fingerprint density at radius 3 is 2.75 bits per heavy atom. The molecule has 1 heterocycles. The zero-order chi connectivity index (χ0) is 12.0. The summed E-state index contributed by atoms with van der Waals surface area (Å²) in [4.78, 5) is 4.34. The number of aromatic nitrogens is 2. The normalized spacial score (nSPS) is 15.0. The van der Waals surface area contributed by atoms with Gasteiger partial charge in [-0.2, -0.15) is 4.98 Å². The van der Waals surface area contributed by atoms with Crippen molar-refractivity contribution in [3.8, 4) is 0 Å². The van der Waals surface area contributed by atoms with Crippen LogP contribution < -0.4 is 5.73 Å². The first-order valence-corrected chi connectivity index (χ1v) is 5.84. The van der Waals surface area contributed by atoms with Crippen LogP contribution in [-0.2, 0) is 11.2 Å². The predicted octanol–water partition coefficient (Wildman–Crippen LogP) is 1.49. The summed E-state index contributed by atoms with van der Waals surface area (Å²) in [7, 11) is 0. The van der Waals surface area contributed by atoms with E-state index < -0.39 is 0 Å². The summed E-state index contributed by atoms with van der Waals surface area (Å²) in [6.45, 7) is 7.33. The molecule has 0 bridgehead atoms. The van der Waals surface area contributed by atoms with Gasteiger partial charge in [0.15, 0.2) is 5.82 Å². The molecule has 1 aromatic heterocycles. The van der Waals surface area contributed by atoms with Gasteiger partial charge in [-0.25, -0.2) is 0 Å². The van der Waals surface area contributed by atoms with Crippen LogP contribution in [0.1, 0.15) is 44.8 Å². The van der Waals surface area contributed by atoms with E-state index in [9.17, 15) is 0 Å². The molecule has 0 amide bonds. The van der Waals surface area contributed by atoms with Gasteiger partial charge in [0.1, 0.15) is 0 Å². The van der Waals surface area contributed by atoms with Crippen molar-refractivity contribution in [3.05, 3.63) is 11.7 Å². The summed E-state index contributed by atoms with van der Waals surface area (Å²) in [6.07, 6.45) is 1.59. The van der Waals surface area contributed by atoms with Crippen LogP contribution in [-0.4, -0.2) is 29.4 Å². The third-order valence-corrected chi connectivity index (χ3v) is 2.55. The average Bonchev–Trinajstić information content (AvgIpc) is 2.67. The van der Waals surface area contributed by atoms with Crippen molar-refractivity contribution in [1.29, 1.82) is 0 Å². The Labute approximate surface area is 96.4 Å². The van der Waals surface area contributed by atoms with Gasteiger partial charge >= 0.3 is 0 Å². The lowest BCUT2D eigenvalue weighted by Crippen LogP contribution is -2.24. The minimum atomic E-state index is 0.0326. The SMILES string of the molecule is CCOCCc1noc(C(CC)C(C)N)n1. The number of hydrogen-bond acceptors (Lipinski definition) is 5. The summed E-state index contributed by atoms with van der Waals surface area (Å²) < 4.78 is 10.4. The predicted molar refractivity (Wildman–Crippen MR) is 61.2 cm³/mol. The maximum absolute atomic E-state index is 5.86. The van der Waals surface area contributed by atoms with Gasteiger partial charge in [-0.1, -0.05) is 12.1 Å². The number of rotatable bonds is 7. The van der Waals surface area contributed by atoms with Crippen molar-refractivity contribution in [3.63, 3.8) is 0 Å². The lowest BCUT2D eigenvalue weighted by Gasteiger charge is -2.13. The monoisotopic (exact) mass is 227 g/mol. The first-order chi connectivity index (χ1) is 7.69. The zero-order valence-corrected chi connectivity index (χ0v) is 10.3. The third-order valence-electron chi connectivity index (χ3n) is 2.55. The Kier molecular flexibility index (Phi) is 5.42. The maximum atomic E-state index is 5.86. The highest BCUT2D eigenvalue weighted by Crippen LogP contribution is 2.20. The molecule has 0 aliphatic heterocycles. The average molecular weight is 227 g/mol. The molecule has 0 saturated carbocycles. The minimum Gasteiger partial charge on any atom is -0.381 e. The summed E-state index contributed by atoms with van der Waals surface area (Å²) in [5.74, 6) is 1.49. The third kappa shape index (κ3) is 3.57. The van der Waals surface area contributed by atoms with E-state index >= 15 is 0 Å². The number of ether oxygens (including phenoxy) is 1. The van der Waals surface area contributed by atoms with Crippen LogP contribution in [0, 0.1) is 0 Å². The van der Waals surface area contributed by atoms with Crippen molar-refractivity contribution in [2.75, 3.05) is 13.2 Å². The summed E-state index contributed by atoms with van der Waals surface area (Å²) in [5, 5.41) is 3.92. The molecule has 16 heavy (non-hydrogen) atoms. The molecule has 0 aliphatic rings. The molecule has 0 radical (unpaired) electrons. The van der Waals surface area contributed by atoms with Gasteiger partial charge in [0.25, 0.3) is 0 Å². The lowest BCUT2D eigenvalue weighted by molar-refractivity contribution is 0.149. The van der Waals surface area contributed by atoms with Crippen molar-refractivity contribution in [2.24, 2.45) is 5.73 Å². The van der Waals surface area contributed by atoms with Crippen LogP contribution in [0.2, 0.25) is 0 Å². The highest BCUT2D eigenvalue weighted by molar-refractivity contribution is 4.97. The van der Waals surface area contributed by atoms with Gasteiger partial charge < -0.3 is 15.0 Å². The molecular weight excluding hydrogens is 206 g/mol. The first-order valence-electron chi connectivity index (χ1n) is 5.84. The van der Waals surface area contributed by atoms with Crippen molar-refractivity contribution >= 4 is 0 Å². The van der Waals surface area contributed by atoms with E-state index in [0.717, 1.165) is 6.42 Å². The molecule has 1 aromatic rings. The van der Waals surface area contributed by atoms with Gasteiger partial charge in [-0.15, -0.1) is 0 Å². The van der Waals surface area contributed by atoms with Crippen molar-refractivity contribution in [1.82, 2.24) is 10.1 Å². The highest BCUT2D eigenvalue weighted by Gasteiger charge is 2.20. The van der Waals surface area contributed by atoms with E-state index in [2.05, 4.69) is 17.1 Å². The van der Waals surface area contributed by atoms with E-state index in [1.165, 1.54) is 0 Å². The van der Waals surface area contributed by atoms with E-state index in [1.54, 1.807) is 0 Å². The number of nitrogens with two attached hydrogens (primary N) is 1. The lowest BCUT2D eigenvalue weighted by atomic mass is 9.99. The van der Waals surface area contributed by atoms with Crippen LogP contribution in [0.4, 0.5) is 0 Å². The van der Waals surface area contributed by atoms with Gasteiger partial charge in [0.2, 0.25) is 5.89 Å². The summed E-state index contributed by atoms with van der Waals surface area (Å²) in [5.41, 5.74) is 5.86. The van der Waals surface area contributed by atoms with Crippen LogP contribution in [0.5, 0.6) is 0 Å². The van der Waals surface area contributed by atoms with E-state index in [1.807, 2.05) is 13.8 Å². The molecule has 0 saturated heterocycles. The van der Waals surface area contributed by atoms with Gasteiger partial charge in [0, 0.05) is 19.1 Å². The van der Waals surface area contributed by atoms with E-state index in [0.29, 0.717) is 31.3 Å². The standard InChI is InChI=1S/C11H21N3O2/c1-4-9(8(3)12)11-13-10(14-16-11)6-7-15-5-2/h8-9H,4-7,12H2,1-3H3. The van der Waals surface area contributed by atoms with Crippen LogP contribution in [0.3, 0.4) is 0 Å².